The van der Waals surface area contributed by atoms with E-state index in [-0.39, 0.29) is 17.9 Å². The van der Waals surface area contributed by atoms with Gasteiger partial charge in [0, 0.05) is 23.5 Å². The lowest BCUT2D eigenvalue weighted by molar-refractivity contribution is -0.124. The maximum Gasteiger partial charge on any atom is 0.254 e. The van der Waals surface area contributed by atoms with Crippen LogP contribution in [0.2, 0.25) is 0 Å². The van der Waals surface area contributed by atoms with E-state index in [0.29, 0.717) is 24.6 Å². The molecule has 0 bridgehead atoms. The molecule has 1 aromatic heterocycles. The highest BCUT2D eigenvalue weighted by atomic mass is 32.1. The van der Waals surface area contributed by atoms with Gasteiger partial charge in [-0.3, -0.25) is 9.59 Å². The predicted octanol–water partition coefficient (Wildman–Crippen LogP) is 5.04. The molecule has 4 nitrogen and oxygen atoms in total. The highest BCUT2D eigenvalue weighted by molar-refractivity contribution is 7.10. The van der Waals surface area contributed by atoms with Gasteiger partial charge in [0.2, 0.25) is 5.91 Å². The van der Waals surface area contributed by atoms with Crippen LogP contribution in [0.3, 0.4) is 0 Å². The number of benzene rings is 2. The third kappa shape index (κ3) is 4.57. The van der Waals surface area contributed by atoms with Crippen molar-refractivity contribution in [3.8, 4) is 0 Å². The van der Waals surface area contributed by atoms with Crippen molar-refractivity contribution < 1.29 is 9.59 Å². The first-order chi connectivity index (χ1) is 15.1. The molecule has 0 fully saturated rings. The maximum absolute atomic E-state index is 13.6. The molecule has 160 valence electrons. The molecule has 1 aliphatic heterocycles. The van der Waals surface area contributed by atoms with Crippen LogP contribution in [-0.4, -0.2) is 29.8 Å². The molecule has 0 aliphatic carbocycles. The van der Waals surface area contributed by atoms with Gasteiger partial charge in [-0.15, -0.1) is 11.3 Å². The Morgan fingerprint density at radius 2 is 1.77 bits per heavy atom. The second-order valence-electron chi connectivity index (χ2n) is 8.40. The molecule has 2 heterocycles. The molecule has 0 saturated carbocycles. The van der Waals surface area contributed by atoms with Gasteiger partial charge in [-0.25, -0.2) is 0 Å². The number of nitrogens with zero attached hydrogens (tertiary/aromatic N) is 1. The minimum atomic E-state index is -0.429. The molecule has 2 aromatic carbocycles. The second-order valence-corrected chi connectivity index (χ2v) is 9.38. The average molecular weight is 433 g/mol. The summed E-state index contributed by atoms with van der Waals surface area (Å²) in [4.78, 5) is 29.9. The molecule has 2 amide bonds. The van der Waals surface area contributed by atoms with Crippen molar-refractivity contribution >= 4 is 23.2 Å². The lowest BCUT2D eigenvalue weighted by atomic mass is 9.81. The number of amides is 2. The molecule has 0 radical (unpaired) electrons. The van der Waals surface area contributed by atoms with Gasteiger partial charge in [-0.05, 0) is 41.0 Å². The second kappa shape index (κ2) is 9.48. The fourth-order valence-corrected chi connectivity index (χ4v) is 5.20. The van der Waals surface area contributed by atoms with Gasteiger partial charge < -0.3 is 10.2 Å². The first-order valence-corrected chi connectivity index (χ1v) is 11.7. The standard InChI is InChI=1S/C26H28N2O2S/c1-18(2)17-28-24(22-13-8-16-31-22)23(20-11-6-7-12-21(20)26(28)30)25(29)27-15-14-19-9-4-3-5-10-19/h3-13,16,18,23-24H,14-15,17H2,1-2H3,(H,27,29). The lowest BCUT2D eigenvalue weighted by Crippen LogP contribution is -2.48. The largest absolute Gasteiger partial charge is 0.355 e. The summed E-state index contributed by atoms with van der Waals surface area (Å²) < 4.78 is 0. The van der Waals surface area contributed by atoms with Crippen LogP contribution in [0.25, 0.3) is 0 Å². The average Bonchev–Trinajstić information content (AvgIpc) is 3.30. The first-order valence-electron chi connectivity index (χ1n) is 10.8. The zero-order valence-electron chi connectivity index (χ0n) is 18.0. The van der Waals surface area contributed by atoms with Crippen LogP contribution >= 0.6 is 11.3 Å². The van der Waals surface area contributed by atoms with Crippen LogP contribution in [0.4, 0.5) is 0 Å². The fraction of sp³-hybridized carbons (Fsp3) is 0.308. The van der Waals surface area contributed by atoms with E-state index in [2.05, 4.69) is 31.3 Å². The summed E-state index contributed by atoms with van der Waals surface area (Å²) in [6.45, 7) is 5.39. The summed E-state index contributed by atoms with van der Waals surface area (Å²) in [5.74, 6) is -0.139. The summed E-state index contributed by atoms with van der Waals surface area (Å²) in [7, 11) is 0. The van der Waals surface area contributed by atoms with Crippen molar-refractivity contribution in [2.45, 2.75) is 32.2 Å². The molecule has 2 atom stereocenters. The molecule has 2 unspecified atom stereocenters. The van der Waals surface area contributed by atoms with Crippen LogP contribution in [-0.2, 0) is 11.2 Å². The predicted molar refractivity (Wildman–Crippen MR) is 125 cm³/mol. The van der Waals surface area contributed by atoms with Gasteiger partial charge >= 0.3 is 0 Å². The number of thiophene rings is 1. The maximum atomic E-state index is 13.6. The molecule has 31 heavy (non-hydrogen) atoms. The molecule has 3 aromatic rings. The Kier molecular flexibility index (Phi) is 6.52. The van der Waals surface area contributed by atoms with Gasteiger partial charge in [0.15, 0.2) is 0 Å². The normalized spacial score (nSPS) is 18.2. The number of carbonyl (C=O) groups excluding carboxylic acids is 2. The number of fused-ring (bicyclic) bond motifs is 1. The van der Waals surface area contributed by atoms with E-state index in [0.717, 1.165) is 16.9 Å². The Bertz CT molecular complexity index is 1030. The van der Waals surface area contributed by atoms with E-state index in [1.165, 1.54) is 5.56 Å². The van der Waals surface area contributed by atoms with E-state index in [1.54, 1.807) is 11.3 Å². The Morgan fingerprint density at radius 3 is 2.48 bits per heavy atom. The highest BCUT2D eigenvalue weighted by Crippen LogP contribution is 2.44. The van der Waals surface area contributed by atoms with E-state index >= 15 is 0 Å². The number of rotatable bonds is 7. The smallest absolute Gasteiger partial charge is 0.254 e. The zero-order chi connectivity index (χ0) is 21.8. The minimum absolute atomic E-state index is 0.0102. The Balaban J connectivity index is 1.66. The van der Waals surface area contributed by atoms with Gasteiger partial charge in [0.25, 0.3) is 5.91 Å². The monoisotopic (exact) mass is 432 g/mol. The number of nitrogens with one attached hydrogen (secondary N) is 1. The van der Waals surface area contributed by atoms with Crippen molar-refractivity contribution in [1.29, 1.82) is 0 Å². The molecule has 5 heteroatoms. The molecule has 1 N–H and O–H groups in total. The fourth-order valence-electron chi connectivity index (χ4n) is 4.33. The number of hydrogen-bond donors (Lipinski definition) is 1. The third-order valence-corrected chi connectivity index (χ3v) is 6.62. The van der Waals surface area contributed by atoms with E-state index in [1.807, 2.05) is 64.9 Å². The van der Waals surface area contributed by atoms with Crippen LogP contribution in [0.5, 0.6) is 0 Å². The van der Waals surface area contributed by atoms with E-state index in [4.69, 9.17) is 0 Å². The topological polar surface area (TPSA) is 49.4 Å². The van der Waals surface area contributed by atoms with Crippen LogP contribution in [0.15, 0.2) is 72.1 Å². The molecule has 1 aliphatic rings. The zero-order valence-corrected chi connectivity index (χ0v) is 18.8. The SMILES string of the molecule is CC(C)CN1C(=O)c2ccccc2C(C(=O)NCCc2ccccc2)C1c1cccs1. The van der Waals surface area contributed by atoms with Crippen molar-refractivity contribution in [2.24, 2.45) is 5.92 Å². The minimum Gasteiger partial charge on any atom is -0.355 e. The van der Waals surface area contributed by atoms with Crippen molar-refractivity contribution in [3.63, 3.8) is 0 Å². The van der Waals surface area contributed by atoms with Crippen LogP contribution in [0.1, 0.15) is 52.2 Å². The molecule has 0 saturated heterocycles. The quantitative estimate of drug-likeness (QED) is 0.568. The first kappa shape index (κ1) is 21.3. The van der Waals surface area contributed by atoms with E-state index in [9.17, 15) is 9.59 Å². The van der Waals surface area contributed by atoms with E-state index < -0.39 is 5.92 Å². The van der Waals surface area contributed by atoms with Gasteiger partial charge in [0.05, 0.1) is 12.0 Å². The number of hydrogen-bond acceptors (Lipinski definition) is 3. The van der Waals surface area contributed by atoms with Crippen molar-refractivity contribution in [1.82, 2.24) is 10.2 Å². The Hall–Kier alpha value is -2.92. The summed E-state index contributed by atoms with van der Waals surface area (Å²) in [6, 6.07) is 21.5. The van der Waals surface area contributed by atoms with Crippen LogP contribution < -0.4 is 5.32 Å². The highest BCUT2D eigenvalue weighted by Gasteiger charge is 2.44. The van der Waals surface area contributed by atoms with Gasteiger partial charge in [-0.1, -0.05) is 68.4 Å². The van der Waals surface area contributed by atoms with Gasteiger partial charge in [0.1, 0.15) is 0 Å². The van der Waals surface area contributed by atoms with Crippen molar-refractivity contribution in [3.05, 3.63) is 93.7 Å². The summed E-state index contributed by atoms with van der Waals surface area (Å²) in [6.07, 6.45) is 0.777. The molecular formula is C26H28N2O2S. The molecule has 0 spiro atoms. The Morgan fingerprint density at radius 1 is 1.03 bits per heavy atom. The molecule has 4 rings (SSSR count). The summed E-state index contributed by atoms with van der Waals surface area (Å²) >= 11 is 1.60. The summed E-state index contributed by atoms with van der Waals surface area (Å²) in [5, 5.41) is 5.16. The molecular weight excluding hydrogens is 404 g/mol. The number of carbonyl (C=O) groups is 2. The van der Waals surface area contributed by atoms with Gasteiger partial charge in [-0.2, -0.15) is 0 Å². The lowest BCUT2D eigenvalue weighted by Gasteiger charge is -2.42. The summed E-state index contributed by atoms with van der Waals surface area (Å²) in [5.41, 5.74) is 2.65. The Labute approximate surface area is 187 Å². The van der Waals surface area contributed by atoms with Crippen LogP contribution in [0, 0.1) is 5.92 Å². The van der Waals surface area contributed by atoms with Crippen molar-refractivity contribution in [2.75, 3.05) is 13.1 Å². The third-order valence-electron chi connectivity index (χ3n) is 5.67.